The fourth-order valence-electron chi connectivity index (χ4n) is 3.33. The molecule has 4 rings (SSSR count). The molecule has 0 radical (unpaired) electrons. The molecule has 0 saturated heterocycles. The fraction of sp³-hybridized carbons (Fsp3) is 0.143. The fourth-order valence-corrected chi connectivity index (χ4v) is 4.28. The van der Waals surface area contributed by atoms with Crippen LogP contribution in [0.25, 0.3) is 0 Å². The Morgan fingerprint density at radius 1 is 0.794 bits per heavy atom. The molecule has 6 heteroatoms. The number of benzene rings is 4. The summed E-state index contributed by atoms with van der Waals surface area (Å²) in [7, 11) is 0. The summed E-state index contributed by atoms with van der Waals surface area (Å²) in [6.07, 6.45) is 0. The van der Waals surface area contributed by atoms with E-state index in [9.17, 15) is 0 Å². The molecule has 0 aromatic heterocycles. The van der Waals surface area contributed by atoms with Crippen molar-refractivity contribution in [2.45, 2.75) is 20.1 Å². The maximum atomic E-state index is 6.12. The molecular weight excluding hydrogens is 561 g/mol. The van der Waals surface area contributed by atoms with Crippen LogP contribution >= 0.6 is 34.2 Å². The average molecular weight is 586 g/mol. The van der Waals surface area contributed by atoms with Crippen molar-refractivity contribution in [1.29, 1.82) is 0 Å². The summed E-state index contributed by atoms with van der Waals surface area (Å²) in [5.41, 5.74) is 3.17. The van der Waals surface area contributed by atoms with Gasteiger partial charge in [-0.1, -0.05) is 41.9 Å². The molecule has 0 aliphatic rings. The molecule has 0 heterocycles. The lowest BCUT2D eigenvalue weighted by Gasteiger charge is -2.16. The standard InChI is InChI=1S/C28H25ClINO3/c1-2-32-27-17-21(16-26(30)28(27)33-19-20-8-10-22(29)11-9-20)18-31-23-12-14-25(15-13-23)34-24-6-4-3-5-7-24/h3-17,31H,2,18-19H2,1H3. The quantitative estimate of drug-likeness (QED) is 0.190. The Balaban J connectivity index is 1.40. The molecule has 0 amide bonds. The Bertz CT molecular complexity index is 1200. The second-order valence-electron chi connectivity index (χ2n) is 7.55. The summed E-state index contributed by atoms with van der Waals surface area (Å²) >= 11 is 8.28. The van der Waals surface area contributed by atoms with E-state index in [1.165, 1.54) is 0 Å². The molecule has 4 aromatic carbocycles. The highest BCUT2D eigenvalue weighted by Crippen LogP contribution is 2.35. The van der Waals surface area contributed by atoms with Gasteiger partial charge in [-0.15, -0.1) is 0 Å². The Morgan fingerprint density at radius 3 is 2.21 bits per heavy atom. The van der Waals surface area contributed by atoms with Crippen LogP contribution in [0.3, 0.4) is 0 Å². The topological polar surface area (TPSA) is 39.7 Å². The molecule has 0 aliphatic heterocycles. The van der Waals surface area contributed by atoms with E-state index >= 15 is 0 Å². The summed E-state index contributed by atoms with van der Waals surface area (Å²) in [5.74, 6) is 3.11. The second-order valence-corrected chi connectivity index (χ2v) is 9.14. The summed E-state index contributed by atoms with van der Waals surface area (Å²) in [6.45, 7) is 3.64. The summed E-state index contributed by atoms with van der Waals surface area (Å²) in [6, 6.07) is 29.5. The minimum Gasteiger partial charge on any atom is -0.490 e. The summed E-state index contributed by atoms with van der Waals surface area (Å²) < 4.78 is 18.9. The molecular formula is C28H25ClINO3. The van der Waals surface area contributed by atoms with Gasteiger partial charge in [0.2, 0.25) is 0 Å². The number of rotatable bonds is 10. The first-order valence-electron chi connectivity index (χ1n) is 11.0. The molecule has 0 saturated carbocycles. The van der Waals surface area contributed by atoms with Crippen molar-refractivity contribution in [1.82, 2.24) is 0 Å². The minimum atomic E-state index is 0.447. The van der Waals surface area contributed by atoms with Crippen LogP contribution in [0, 0.1) is 3.57 Å². The van der Waals surface area contributed by atoms with E-state index in [4.69, 9.17) is 25.8 Å². The highest BCUT2D eigenvalue weighted by molar-refractivity contribution is 14.1. The van der Waals surface area contributed by atoms with Crippen molar-refractivity contribution in [3.8, 4) is 23.0 Å². The number of halogens is 2. The van der Waals surface area contributed by atoms with Crippen LogP contribution < -0.4 is 19.5 Å². The molecule has 0 atom stereocenters. The molecule has 0 spiro atoms. The molecule has 0 bridgehead atoms. The van der Waals surface area contributed by atoms with Gasteiger partial charge in [-0.3, -0.25) is 0 Å². The van der Waals surface area contributed by atoms with Gasteiger partial charge >= 0.3 is 0 Å². The number of nitrogens with one attached hydrogen (secondary N) is 1. The van der Waals surface area contributed by atoms with Gasteiger partial charge in [0.05, 0.1) is 10.2 Å². The second kappa shape index (κ2) is 12.0. The van der Waals surface area contributed by atoms with Gasteiger partial charge in [-0.25, -0.2) is 0 Å². The van der Waals surface area contributed by atoms with Crippen LogP contribution in [0.1, 0.15) is 18.1 Å². The zero-order valence-corrected chi connectivity index (χ0v) is 21.7. The van der Waals surface area contributed by atoms with Crippen molar-refractivity contribution in [2.24, 2.45) is 0 Å². The largest absolute Gasteiger partial charge is 0.490 e. The number of hydrogen-bond acceptors (Lipinski definition) is 4. The molecule has 0 fully saturated rings. The lowest BCUT2D eigenvalue weighted by atomic mass is 10.2. The Labute approximate surface area is 219 Å². The van der Waals surface area contributed by atoms with E-state index in [1.807, 2.05) is 91.9 Å². The average Bonchev–Trinajstić information content (AvgIpc) is 2.85. The highest BCUT2D eigenvalue weighted by Gasteiger charge is 2.13. The van der Waals surface area contributed by atoms with Crippen LogP contribution in [0.2, 0.25) is 5.02 Å². The first kappa shape index (κ1) is 24.2. The zero-order chi connectivity index (χ0) is 23.8. The Hall–Kier alpha value is -2.90. The molecule has 174 valence electrons. The van der Waals surface area contributed by atoms with E-state index in [0.29, 0.717) is 24.8 Å². The van der Waals surface area contributed by atoms with Gasteiger partial charge in [-0.2, -0.15) is 0 Å². The van der Waals surface area contributed by atoms with Gasteiger partial charge < -0.3 is 19.5 Å². The smallest absolute Gasteiger partial charge is 0.174 e. The molecule has 0 aliphatic carbocycles. The third-order valence-electron chi connectivity index (χ3n) is 5.00. The Morgan fingerprint density at radius 2 is 1.50 bits per heavy atom. The maximum Gasteiger partial charge on any atom is 0.174 e. The Kier molecular flexibility index (Phi) is 8.55. The monoisotopic (exact) mass is 585 g/mol. The number of hydrogen-bond donors (Lipinski definition) is 1. The van der Waals surface area contributed by atoms with Gasteiger partial charge in [-0.05, 0) is 101 Å². The van der Waals surface area contributed by atoms with Crippen molar-refractivity contribution >= 4 is 39.9 Å². The van der Waals surface area contributed by atoms with Crippen molar-refractivity contribution in [3.05, 3.63) is 111 Å². The number of para-hydroxylation sites is 1. The first-order chi connectivity index (χ1) is 16.6. The third kappa shape index (κ3) is 6.81. The van der Waals surface area contributed by atoms with Crippen molar-refractivity contribution in [3.63, 3.8) is 0 Å². The van der Waals surface area contributed by atoms with E-state index in [1.54, 1.807) is 0 Å². The minimum absolute atomic E-state index is 0.447. The van der Waals surface area contributed by atoms with Gasteiger partial charge in [0, 0.05) is 17.3 Å². The number of ether oxygens (including phenoxy) is 3. The van der Waals surface area contributed by atoms with E-state index in [-0.39, 0.29) is 0 Å². The molecule has 4 aromatic rings. The number of anilines is 1. The molecule has 1 N–H and O–H groups in total. The summed E-state index contributed by atoms with van der Waals surface area (Å²) in [4.78, 5) is 0. The van der Waals surface area contributed by atoms with Crippen molar-refractivity contribution < 1.29 is 14.2 Å². The van der Waals surface area contributed by atoms with Gasteiger partial charge in [0.25, 0.3) is 0 Å². The zero-order valence-electron chi connectivity index (χ0n) is 18.8. The van der Waals surface area contributed by atoms with Crippen LogP contribution in [0.5, 0.6) is 23.0 Å². The predicted molar refractivity (Wildman–Crippen MR) is 146 cm³/mol. The third-order valence-corrected chi connectivity index (χ3v) is 6.05. The molecule has 34 heavy (non-hydrogen) atoms. The SMILES string of the molecule is CCOc1cc(CNc2ccc(Oc3ccccc3)cc2)cc(I)c1OCc1ccc(Cl)cc1. The highest BCUT2D eigenvalue weighted by atomic mass is 127. The summed E-state index contributed by atoms with van der Waals surface area (Å²) in [5, 5.41) is 4.18. The normalized spacial score (nSPS) is 10.6. The van der Waals surface area contributed by atoms with E-state index < -0.39 is 0 Å². The predicted octanol–water partition coefficient (Wildman–Crippen LogP) is 8.33. The van der Waals surface area contributed by atoms with E-state index in [2.05, 4.69) is 34.0 Å². The van der Waals surface area contributed by atoms with Crippen LogP contribution in [0.15, 0.2) is 91.0 Å². The van der Waals surface area contributed by atoms with Crippen molar-refractivity contribution in [2.75, 3.05) is 11.9 Å². The van der Waals surface area contributed by atoms with Crippen LogP contribution in [-0.4, -0.2) is 6.61 Å². The maximum absolute atomic E-state index is 6.12. The molecule has 4 nitrogen and oxygen atoms in total. The van der Waals surface area contributed by atoms with E-state index in [0.717, 1.165) is 43.4 Å². The van der Waals surface area contributed by atoms with Crippen LogP contribution in [0.4, 0.5) is 5.69 Å². The first-order valence-corrected chi connectivity index (χ1v) is 12.5. The van der Waals surface area contributed by atoms with Crippen LogP contribution in [-0.2, 0) is 13.2 Å². The lowest BCUT2D eigenvalue weighted by Crippen LogP contribution is -2.05. The molecule has 0 unspecified atom stereocenters. The lowest BCUT2D eigenvalue weighted by molar-refractivity contribution is 0.267. The van der Waals surface area contributed by atoms with Gasteiger partial charge in [0.1, 0.15) is 18.1 Å². The van der Waals surface area contributed by atoms with Gasteiger partial charge in [0.15, 0.2) is 11.5 Å².